The molecule has 2 fully saturated rings. The SMILES string of the molecule is N#Cc1cnc(N[C@@H]2CC23CC3)c(F)c1. The van der Waals surface area contributed by atoms with E-state index in [1.165, 1.54) is 25.1 Å². The number of nitrogens with zero attached hydrogens (tertiary/aromatic N) is 2. The second-order valence-electron chi connectivity index (χ2n) is 4.43. The summed E-state index contributed by atoms with van der Waals surface area (Å²) < 4.78 is 13.4. The van der Waals surface area contributed by atoms with Crippen LogP contribution >= 0.6 is 0 Å². The molecule has 0 radical (unpaired) electrons. The maximum atomic E-state index is 13.4. The normalized spacial score (nSPS) is 24.7. The van der Waals surface area contributed by atoms with Crippen molar-refractivity contribution < 1.29 is 4.39 Å². The average molecular weight is 203 g/mol. The Kier molecular flexibility index (Phi) is 1.55. The molecule has 0 unspecified atom stereocenters. The van der Waals surface area contributed by atoms with Gasteiger partial charge in [0.05, 0.1) is 5.56 Å². The minimum Gasteiger partial charge on any atom is -0.364 e. The molecule has 0 saturated heterocycles. The summed E-state index contributed by atoms with van der Waals surface area (Å²) in [6, 6.07) is 3.48. The summed E-state index contributed by atoms with van der Waals surface area (Å²) in [5.41, 5.74) is 0.733. The number of rotatable bonds is 2. The first kappa shape index (κ1) is 8.66. The Morgan fingerprint density at radius 3 is 2.93 bits per heavy atom. The van der Waals surface area contributed by atoms with E-state index in [2.05, 4.69) is 10.3 Å². The van der Waals surface area contributed by atoms with E-state index in [0.717, 1.165) is 6.42 Å². The van der Waals surface area contributed by atoms with Crippen LogP contribution < -0.4 is 5.32 Å². The number of nitrogens with one attached hydrogen (secondary N) is 1. The molecule has 0 amide bonds. The van der Waals surface area contributed by atoms with Gasteiger partial charge in [0.25, 0.3) is 0 Å². The van der Waals surface area contributed by atoms with Crippen molar-refractivity contribution in [3.63, 3.8) is 0 Å². The summed E-state index contributed by atoms with van der Waals surface area (Å²) in [6.07, 6.45) is 5.03. The zero-order chi connectivity index (χ0) is 10.5. The molecule has 4 heteroatoms. The van der Waals surface area contributed by atoms with Gasteiger partial charge in [-0.05, 0) is 30.7 Å². The fourth-order valence-corrected chi connectivity index (χ4v) is 2.04. The Morgan fingerprint density at radius 1 is 1.60 bits per heavy atom. The van der Waals surface area contributed by atoms with Crippen LogP contribution in [0.3, 0.4) is 0 Å². The van der Waals surface area contributed by atoms with Gasteiger partial charge in [-0.1, -0.05) is 0 Å². The zero-order valence-electron chi connectivity index (χ0n) is 8.13. The second-order valence-corrected chi connectivity index (χ2v) is 4.43. The number of nitriles is 1. The highest BCUT2D eigenvalue weighted by atomic mass is 19.1. The minimum absolute atomic E-state index is 0.259. The van der Waals surface area contributed by atoms with Gasteiger partial charge in [0, 0.05) is 12.2 Å². The Hall–Kier alpha value is -1.63. The van der Waals surface area contributed by atoms with Gasteiger partial charge in [-0.3, -0.25) is 0 Å². The monoisotopic (exact) mass is 203 g/mol. The number of hydrogen-bond acceptors (Lipinski definition) is 3. The largest absolute Gasteiger partial charge is 0.364 e. The van der Waals surface area contributed by atoms with Crippen molar-refractivity contribution >= 4 is 5.82 Å². The third-order valence-electron chi connectivity index (χ3n) is 3.36. The molecule has 1 heterocycles. The molecule has 1 aromatic rings. The first-order valence-corrected chi connectivity index (χ1v) is 5.06. The van der Waals surface area contributed by atoms with Crippen LogP contribution in [0.1, 0.15) is 24.8 Å². The maximum absolute atomic E-state index is 13.4. The first-order valence-electron chi connectivity index (χ1n) is 5.06. The number of halogens is 1. The molecule has 0 aromatic carbocycles. The van der Waals surface area contributed by atoms with E-state index in [1.54, 1.807) is 0 Å². The molecule has 0 aliphatic heterocycles. The molecule has 3 nitrogen and oxygen atoms in total. The molecule has 15 heavy (non-hydrogen) atoms. The summed E-state index contributed by atoms with van der Waals surface area (Å²) in [7, 11) is 0. The standard InChI is InChI=1S/C11H10FN3/c12-8-3-7(5-13)6-14-10(8)15-9-4-11(9)1-2-11/h3,6,9H,1-2,4H2,(H,14,15)/t9-/m1/s1. The molecule has 1 atom stereocenters. The van der Waals surface area contributed by atoms with Crippen LogP contribution in [0, 0.1) is 22.6 Å². The number of pyridine rings is 1. The van der Waals surface area contributed by atoms with Gasteiger partial charge < -0.3 is 5.32 Å². The van der Waals surface area contributed by atoms with Gasteiger partial charge in [-0.15, -0.1) is 0 Å². The van der Waals surface area contributed by atoms with Crippen LogP contribution in [-0.4, -0.2) is 11.0 Å². The Balaban J connectivity index is 1.78. The van der Waals surface area contributed by atoms with Crippen LogP contribution in [-0.2, 0) is 0 Å². The van der Waals surface area contributed by atoms with E-state index in [0.29, 0.717) is 11.5 Å². The molecular weight excluding hydrogens is 193 g/mol. The maximum Gasteiger partial charge on any atom is 0.166 e. The molecule has 2 aliphatic rings. The van der Waals surface area contributed by atoms with Gasteiger partial charge in [-0.25, -0.2) is 9.37 Å². The van der Waals surface area contributed by atoms with Crippen molar-refractivity contribution in [2.45, 2.75) is 25.3 Å². The van der Waals surface area contributed by atoms with E-state index >= 15 is 0 Å². The topological polar surface area (TPSA) is 48.7 Å². The van der Waals surface area contributed by atoms with E-state index < -0.39 is 5.82 Å². The van der Waals surface area contributed by atoms with E-state index in [-0.39, 0.29) is 11.4 Å². The van der Waals surface area contributed by atoms with Gasteiger partial charge in [-0.2, -0.15) is 5.26 Å². The van der Waals surface area contributed by atoms with Crippen molar-refractivity contribution in [3.8, 4) is 6.07 Å². The van der Waals surface area contributed by atoms with Crippen molar-refractivity contribution in [1.82, 2.24) is 4.98 Å². The lowest BCUT2D eigenvalue weighted by atomic mass is 10.3. The molecule has 1 spiro atoms. The van der Waals surface area contributed by atoms with Crippen LogP contribution in [0.2, 0.25) is 0 Å². The Labute approximate surface area is 86.9 Å². The Morgan fingerprint density at radius 2 is 2.40 bits per heavy atom. The van der Waals surface area contributed by atoms with E-state index in [9.17, 15) is 4.39 Å². The highest BCUT2D eigenvalue weighted by Crippen LogP contribution is 2.66. The molecule has 76 valence electrons. The number of aromatic nitrogens is 1. The third kappa shape index (κ3) is 1.35. The molecule has 3 rings (SSSR count). The molecular formula is C11H10FN3. The van der Waals surface area contributed by atoms with Crippen LogP contribution in [0.4, 0.5) is 10.2 Å². The van der Waals surface area contributed by atoms with Crippen molar-refractivity contribution in [1.29, 1.82) is 5.26 Å². The van der Waals surface area contributed by atoms with Gasteiger partial charge in [0.2, 0.25) is 0 Å². The lowest BCUT2D eigenvalue weighted by Crippen LogP contribution is -2.08. The Bertz CT molecular complexity index is 459. The van der Waals surface area contributed by atoms with Gasteiger partial charge in [0.15, 0.2) is 11.6 Å². The smallest absolute Gasteiger partial charge is 0.166 e. The van der Waals surface area contributed by atoms with Gasteiger partial charge >= 0.3 is 0 Å². The molecule has 2 saturated carbocycles. The average Bonchev–Trinajstić information content (AvgIpc) is 3.13. The molecule has 2 aliphatic carbocycles. The lowest BCUT2D eigenvalue weighted by Gasteiger charge is -2.05. The molecule has 1 N–H and O–H groups in total. The van der Waals surface area contributed by atoms with Crippen LogP contribution in [0.5, 0.6) is 0 Å². The number of hydrogen-bond donors (Lipinski definition) is 1. The van der Waals surface area contributed by atoms with Crippen molar-refractivity contribution in [3.05, 3.63) is 23.6 Å². The summed E-state index contributed by atoms with van der Waals surface area (Å²) in [6.45, 7) is 0. The van der Waals surface area contributed by atoms with Gasteiger partial charge in [0.1, 0.15) is 6.07 Å². The van der Waals surface area contributed by atoms with E-state index in [1.807, 2.05) is 6.07 Å². The lowest BCUT2D eigenvalue weighted by molar-refractivity contribution is 0.622. The highest BCUT2D eigenvalue weighted by molar-refractivity contribution is 5.44. The first-order chi connectivity index (χ1) is 7.23. The van der Waals surface area contributed by atoms with E-state index in [4.69, 9.17) is 5.26 Å². The predicted molar refractivity (Wildman–Crippen MR) is 52.6 cm³/mol. The molecule has 1 aromatic heterocycles. The summed E-state index contributed by atoms with van der Waals surface area (Å²) in [4.78, 5) is 3.91. The minimum atomic E-state index is -0.434. The van der Waals surface area contributed by atoms with Crippen molar-refractivity contribution in [2.24, 2.45) is 5.41 Å². The number of anilines is 1. The van der Waals surface area contributed by atoms with Crippen molar-refractivity contribution in [2.75, 3.05) is 5.32 Å². The third-order valence-corrected chi connectivity index (χ3v) is 3.36. The summed E-state index contributed by atoms with van der Waals surface area (Å²) >= 11 is 0. The summed E-state index contributed by atoms with van der Waals surface area (Å²) in [5.74, 6) is -0.153. The molecule has 0 bridgehead atoms. The predicted octanol–water partition coefficient (Wildman–Crippen LogP) is 2.06. The van der Waals surface area contributed by atoms with Crippen LogP contribution in [0.15, 0.2) is 12.3 Å². The fraction of sp³-hybridized carbons (Fsp3) is 0.455. The quantitative estimate of drug-likeness (QED) is 0.800. The van der Waals surface area contributed by atoms with Crippen LogP contribution in [0.25, 0.3) is 0 Å². The highest BCUT2D eigenvalue weighted by Gasteiger charge is 2.63. The zero-order valence-corrected chi connectivity index (χ0v) is 8.13. The fourth-order valence-electron chi connectivity index (χ4n) is 2.04. The summed E-state index contributed by atoms with van der Waals surface area (Å²) in [5, 5.41) is 11.7. The second kappa shape index (κ2) is 2.69.